The molecule has 1 aromatic heterocycles. The molecule has 2 aliphatic rings. The van der Waals surface area contributed by atoms with E-state index < -0.39 is 10.0 Å². The van der Waals surface area contributed by atoms with Crippen LogP contribution in [0.3, 0.4) is 0 Å². The van der Waals surface area contributed by atoms with Crippen molar-refractivity contribution in [3.8, 4) is 0 Å². The summed E-state index contributed by atoms with van der Waals surface area (Å²) in [7, 11) is -1.71. The number of rotatable bonds is 3. The second-order valence-corrected chi connectivity index (χ2v) is 7.25. The summed E-state index contributed by atoms with van der Waals surface area (Å²) in [6.45, 7) is 0.963. The first kappa shape index (κ1) is 12.1. The molecule has 3 rings (SSSR count). The van der Waals surface area contributed by atoms with Crippen LogP contribution in [0, 0.1) is 11.8 Å². The van der Waals surface area contributed by atoms with Gasteiger partial charge in [0.05, 0.1) is 6.33 Å². The lowest BCUT2D eigenvalue weighted by molar-refractivity contribution is 0.427. The van der Waals surface area contributed by atoms with Gasteiger partial charge in [0.15, 0.2) is 5.03 Å². The molecular weight excluding hydrogens is 252 g/mol. The van der Waals surface area contributed by atoms with Crippen LogP contribution in [0.1, 0.15) is 12.8 Å². The largest absolute Gasteiger partial charge is 0.339 e. The molecule has 1 aromatic rings. The Bertz CT molecular complexity index is 549. The first-order valence-corrected chi connectivity index (χ1v) is 7.66. The standard InChI is InChI=1S/C11H18N4O2S/c1-14-6-11(13-7-14)18(16,17)15-4-9(8-2-3-8)10(12)5-15/h6-10H,2-5,12H2,1H3/t9-,10+/m1/s1. The van der Waals surface area contributed by atoms with Gasteiger partial charge in [-0.25, -0.2) is 13.4 Å². The zero-order chi connectivity index (χ0) is 12.9. The minimum Gasteiger partial charge on any atom is -0.339 e. The number of hydrogen-bond acceptors (Lipinski definition) is 4. The number of hydrogen-bond donors (Lipinski definition) is 1. The average molecular weight is 270 g/mol. The van der Waals surface area contributed by atoms with Crippen LogP contribution in [0.2, 0.25) is 0 Å². The van der Waals surface area contributed by atoms with Gasteiger partial charge in [0.1, 0.15) is 0 Å². The third-order valence-electron chi connectivity index (χ3n) is 3.89. The van der Waals surface area contributed by atoms with E-state index in [4.69, 9.17) is 5.73 Å². The molecule has 2 heterocycles. The van der Waals surface area contributed by atoms with E-state index in [1.165, 1.54) is 29.7 Å². The van der Waals surface area contributed by atoms with Gasteiger partial charge in [-0.2, -0.15) is 4.31 Å². The Hall–Kier alpha value is -0.920. The Morgan fingerprint density at radius 1 is 1.39 bits per heavy atom. The molecule has 1 saturated carbocycles. The van der Waals surface area contributed by atoms with Gasteiger partial charge in [-0.3, -0.25) is 0 Å². The zero-order valence-electron chi connectivity index (χ0n) is 10.4. The second-order valence-electron chi connectivity index (χ2n) is 5.36. The predicted molar refractivity (Wildman–Crippen MR) is 66.2 cm³/mol. The lowest BCUT2D eigenvalue weighted by atomic mass is 9.99. The van der Waals surface area contributed by atoms with Crippen molar-refractivity contribution in [1.29, 1.82) is 0 Å². The highest BCUT2D eigenvalue weighted by Crippen LogP contribution is 2.41. The monoisotopic (exact) mass is 270 g/mol. The minimum atomic E-state index is -3.47. The highest BCUT2D eigenvalue weighted by atomic mass is 32.2. The van der Waals surface area contributed by atoms with Gasteiger partial charge in [-0.15, -0.1) is 0 Å². The van der Waals surface area contributed by atoms with Crippen LogP contribution in [0.25, 0.3) is 0 Å². The Kier molecular flexibility index (Phi) is 2.72. The maximum absolute atomic E-state index is 12.4. The molecule has 0 radical (unpaired) electrons. The maximum Gasteiger partial charge on any atom is 0.262 e. The highest BCUT2D eigenvalue weighted by molar-refractivity contribution is 7.89. The fourth-order valence-electron chi connectivity index (χ4n) is 2.69. The second kappa shape index (κ2) is 4.04. The third-order valence-corrected chi connectivity index (χ3v) is 5.61. The molecular formula is C11H18N4O2S. The fraction of sp³-hybridized carbons (Fsp3) is 0.727. The Morgan fingerprint density at radius 2 is 2.11 bits per heavy atom. The van der Waals surface area contributed by atoms with Crippen LogP contribution < -0.4 is 5.73 Å². The van der Waals surface area contributed by atoms with Crippen LogP contribution in [0.4, 0.5) is 0 Å². The number of nitrogens with zero attached hydrogens (tertiary/aromatic N) is 3. The van der Waals surface area contributed by atoms with E-state index in [9.17, 15) is 8.42 Å². The molecule has 1 saturated heterocycles. The molecule has 0 unspecified atom stereocenters. The van der Waals surface area contributed by atoms with E-state index in [2.05, 4.69) is 4.98 Å². The molecule has 1 aliphatic heterocycles. The van der Waals surface area contributed by atoms with E-state index in [0.717, 1.165) is 0 Å². The van der Waals surface area contributed by atoms with Gasteiger partial charge >= 0.3 is 0 Å². The molecule has 2 atom stereocenters. The zero-order valence-corrected chi connectivity index (χ0v) is 11.2. The van der Waals surface area contributed by atoms with Crippen molar-refractivity contribution in [3.63, 3.8) is 0 Å². The van der Waals surface area contributed by atoms with E-state index in [1.807, 2.05) is 0 Å². The predicted octanol–water partition coefficient (Wildman–Crippen LogP) is -0.222. The molecule has 0 aromatic carbocycles. The summed E-state index contributed by atoms with van der Waals surface area (Å²) < 4.78 is 27.9. The summed E-state index contributed by atoms with van der Waals surface area (Å²) in [6, 6.07) is -0.0315. The third kappa shape index (κ3) is 1.96. The summed E-state index contributed by atoms with van der Waals surface area (Å²) in [5.41, 5.74) is 6.06. The molecule has 7 heteroatoms. The molecule has 0 spiro atoms. The van der Waals surface area contributed by atoms with E-state index in [-0.39, 0.29) is 11.1 Å². The average Bonchev–Trinajstić information content (AvgIpc) is 2.93. The Labute approximate surface area is 107 Å². The van der Waals surface area contributed by atoms with Gasteiger partial charge < -0.3 is 10.3 Å². The topological polar surface area (TPSA) is 81.2 Å². The first-order chi connectivity index (χ1) is 8.48. The van der Waals surface area contributed by atoms with E-state index >= 15 is 0 Å². The number of sulfonamides is 1. The lowest BCUT2D eigenvalue weighted by Gasteiger charge is -2.14. The maximum atomic E-state index is 12.4. The molecule has 100 valence electrons. The Morgan fingerprint density at radius 3 is 2.67 bits per heavy atom. The van der Waals surface area contributed by atoms with Crippen molar-refractivity contribution in [2.45, 2.75) is 23.9 Å². The van der Waals surface area contributed by atoms with Gasteiger partial charge in [0, 0.05) is 32.4 Å². The van der Waals surface area contributed by atoms with E-state index in [1.54, 1.807) is 11.6 Å². The van der Waals surface area contributed by atoms with Crippen molar-refractivity contribution in [1.82, 2.24) is 13.9 Å². The SMILES string of the molecule is Cn1cnc(S(=O)(=O)N2C[C@H](C3CC3)[C@@H](N)C2)c1. The van der Waals surface area contributed by atoms with Crippen LogP contribution >= 0.6 is 0 Å². The molecule has 6 nitrogen and oxygen atoms in total. The van der Waals surface area contributed by atoms with Crippen LogP contribution in [0.15, 0.2) is 17.6 Å². The molecule has 0 amide bonds. The fourth-order valence-corrected chi connectivity index (χ4v) is 4.17. The lowest BCUT2D eigenvalue weighted by Crippen LogP contribution is -2.32. The molecule has 1 aliphatic carbocycles. The van der Waals surface area contributed by atoms with Crippen molar-refractivity contribution >= 4 is 10.0 Å². The summed E-state index contributed by atoms with van der Waals surface area (Å²) in [5, 5.41) is 0.119. The summed E-state index contributed by atoms with van der Waals surface area (Å²) in [5.74, 6) is 0.951. The smallest absolute Gasteiger partial charge is 0.262 e. The minimum absolute atomic E-state index is 0.0315. The number of nitrogens with two attached hydrogens (primary N) is 1. The van der Waals surface area contributed by atoms with Crippen molar-refractivity contribution < 1.29 is 8.42 Å². The summed E-state index contributed by atoms with van der Waals surface area (Å²) in [6.07, 6.45) is 5.41. The highest BCUT2D eigenvalue weighted by Gasteiger charge is 2.44. The van der Waals surface area contributed by atoms with E-state index in [0.29, 0.717) is 24.9 Å². The number of aromatic nitrogens is 2. The van der Waals surface area contributed by atoms with Gasteiger partial charge in [-0.05, 0) is 24.7 Å². The van der Waals surface area contributed by atoms with Crippen LogP contribution in [-0.2, 0) is 17.1 Å². The quantitative estimate of drug-likeness (QED) is 0.823. The summed E-state index contributed by atoms with van der Waals surface area (Å²) in [4.78, 5) is 3.94. The summed E-state index contributed by atoms with van der Waals surface area (Å²) >= 11 is 0. The van der Waals surface area contributed by atoms with Crippen molar-refractivity contribution in [2.24, 2.45) is 24.6 Å². The normalized spacial score (nSPS) is 29.9. The van der Waals surface area contributed by atoms with Crippen molar-refractivity contribution in [3.05, 3.63) is 12.5 Å². The number of imidazole rings is 1. The molecule has 0 bridgehead atoms. The van der Waals surface area contributed by atoms with Gasteiger partial charge in [0.2, 0.25) is 0 Å². The van der Waals surface area contributed by atoms with Gasteiger partial charge in [-0.1, -0.05) is 0 Å². The first-order valence-electron chi connectivity index (χ1n) is 6.22. The number of aryl methyl sites for hydroxylation is 1. The van der Waals surface area contributed by atoms with Crippen LogP contribution in [0.5, 0.6) is 0 Å². The van der Waals surface area contributed by atoms with Crippen LogP contribution in [-0.4, -0.2) is 41.4 Å². The Balaban J connectivity index is 1.82. The van der Waals surface area contributed by atoms with Crippen molar-refractivity contribution in [2.75, 3.05) is 13.1 Å². The molecule has 2 fully saturated rings. The molecule has 18 heavy (non-hydrogen) atoms. The van der Waals surface area contributed by atoms with Gasteiger partial charge in [0.25, 0.3) is 10.0 Å². The molecule has 2 N–H and O–H groups in total.